The van der Waals surface area contributed by atoms with Crippen LogP contribution in [0.25, 0.3) is 0 Å². The van der Waals surface area contributed by atoms with Crippen LogP contribution in [0.15, 0.2) is 23.5 Å². The number of methoxy groups -OCH3 is 1. The lowest BCUT2D eigenvalue weighted by Gasteiger charge is -2.41. The molecule has 6 nitrogen and oxygen atoms in total. The summed E-state index contributed by atoms with van der Waals surface area (Å²) in [6, 6.07) is 0. The van der Waals surface area contributed by atoms with Crippen LogP contribution in [0.4, 0.5) is 0 Å². The quantitative estimate of drug-likeness (QED) is 0.703. The third-order valence-electron chi connectivity index (χ3n) is 6.71. The molecule has 0 saturated carbocycles. The molecule has 4 heterocycles. The number of hydrogen-bond donors (Lipinski definition) is 0. The van der Waals surface area contributed by atoms with Crippen molar-refractivity contribution in [3.05, 3.63) is 23.5 Å². The molecule has 0 radical (unpaired) electrons. The van der Waals surface area contributed by atoms with Crippen molar-refractivity contribution in [2.45, 2.75) is 64.6 Å². The van der Waals surface area contributed by atoms with E-state index in [2.05, 4.69) is 0 Å². The lowest BCUT2D eigenvalue weighted by Crippen LogP contribution is -2.54. The number of rotatable bonds is 2. The van der Waals surface area contributed by atoms with E-state index in [-0.39, 0.29) is 23.6 Å². The van der Waals surface area contributed by atoms with Crippen molar-refractivity contribution < 1.29 is 28.5 Å². The minimum Gasteiger partial charge on any atom is -0.479 e. The fraction of sp³-hybridized carbons (Fsp3) is 0.700. The molecule has 4 aliphatic heterocycles. The van der Waals surface area contributed by atoms with Crippen LogP contribution >= 0.6 is 0 Å². The fourth-order valence-corrected chi connectivity index (χ4v) is 5.34. The maximum absolute atomic E-state index is 13.0. The van der Waals surface area contributed by atoms with Crippen LogP contribution in [0.5, 0.6) is 0 Å². The Morgan fingerprint density at radius 2 is 1.96 bits per heavy atom. The summed E-state index contributed by atoms with van der Waals surface area (Å²) in [5.41, 5.74) is -1.17. The van der Waals surface area contributed by atoms with Crippen molar-refractivity contribution in [1.29, 1.82) is 0 Å². The molecule has 0 aliphatic carbocycles. The van der Waals surface area contributed by atoms with Crippen LogP contribution in [-0.2, 0) is 28.5 Å². The van der Waals surface area contributed by atoms with Crippen molar-refractivity contribution in [2.75, 3.05) is 7.11 Å². The van der Waals surface area contributed by atoms with Gasteiger partial charge >= 0.3 is 5.97 Å². The Bertz CT molecular complexity index is 751. The molecule has 4 rings (SSSR count). The van der Waals surface area contributed by atoms with Gasteiger partial charge in [0, 0.05) is 31.4 Å². The highest BCUT2D eigenvalue weighted by molar-refractivity contribution is 6.00. The Labute approximate surface area is 153 Å². The number of esters is 1. The first kappa shape index (κ1) is 17.7. The van der Waals surface area contributed by atoms with Gasteiger partial charge in [-0.2, -0.15) is 0 Å². The second-order valence-electron chi connectivity index (χ2n) is 8.54. The molecule has 0 aromatic carbocycles. The van der Waals surface area contributed by atoms with E-state index < -0.39 is 29.0 Å². The molecule has 6 heteroatoms. The molecule has 0 N–H and O–H groups in total. The Kier molecular flexibility index (Phi) is 3.55. The Morgan fingerprint density at radius 1 is 1.27 bits per heavy atom. The first-order chi connectivity index (χ1) is 12.1. The predicted octanol–water partition coefficient (Wildman–Crippen LogP) is 2.52. The number of ketones is 1. The molecular weight excluding hydrogens is 336 g/mol. The standard InChI is InChI=1S/C20H26O6/c1-10(2)20(23-6)19(5)16-13(24-17(19)22)7-11(3)12-8-15(21)18(4,25-12)9-14(16)26-20/h7-8,10,13-14,16H,9H2,1-6H3/b11-7-/t13-,14+,16+,18+,19-,20-/m1/s1. The number of fused-ring (bicyclic) bond motifs is 2. The maximum atomic E-state index is 13.0. The summed E-state index contributed by atoms with van der Waals surface area (Å²) < 4.78 is 24.1. The lowest BCUT2D eigenvalue weighted by atomic mass is 9.66. The van der Waals surface area contributed by atoms with Gasteiger partial charge in [-0.25, -0.2) is 0 Å². The van der Waals surface area contributed by atoms with E-state index in [9.17, 15) is 9.59 Å². The van der Waals surface area contributed by atoms with Crippen molar-refractivity contribution in [1.82, 2.24) is 0 Å². The fourth-order valence-electron chi connectivity index (χ4n) is 5.34. The van der Waals surface area contributed by atoms with E-state index in [0.29, 0.717) is 12.2 Å². The van der Waals surface area contributed by atoms with Crippen LogP contribution in [0.1, 0.15) is 41.0 Å². The zero-order valence-electron chi connectivity index (χ0n) is 16.1. The summed E-state index contributed by atoms with van der Waals surface area (Å²) in [6.07, 6.45) is 2.92. The zero-order valence-corrected chi connectivity index (χ0v) is 16.1. The molecule has 4 aliphatic rings. The molecule has 26 heavy (non-hydrogen) atoms. The van der Waals surface area contributed by atoms with Gasteiger partial charge in [-0.05, 0) is 32.4 Å². The first-order valence-corrected chi connectivity index (χ1v) is 9.17. The molecule has 0 amide bonds. The molecule has 0 aromatic heterocycles. The van der Waals surface area contributed by atoms with Crippen LogP contribution in [-0.4, -0.2) is 42.5 Å². The molecule has 0 aromatic rings. The number of ether oxygens (including phenoxy) is 4. The van der Waals surface area contributed by atoms with Crippen molar-refractivity contribution in [2.24, 2.45) is 17.3 Å². The molecule has 0 unspecified atom stereocenters. The summed E-state index contributed by atoms with van der Waals surface area (Å²) in [4.78, 5) is 25.6. The average Bonchev–Trinajstić information content (AvgIpc) is 3.09. The molecule has 2 saturated heterocycles. The second-order valence-corrected chi connectivity index (χ2v) is 8.54. The number of carbonyl (C=O) groups is 2. The average molecular weight is 362 g/mol. The normalized spacial score (nSPS) is 48.8. The zero-order chi connectivity index (χ0) is 19.1. The molecule has 6 atom stereocenters. The summed E-state index contributed by atoms with van der Waals surface area (Å²) in [7, 11) is 1.57. The van der Waals surface area contributed by atoms with Crippen LogP contribution in [0, 0.1) is 17.3 Å². The van der Waals surface area contributed by atoms with E-state index in [1.165, 1.54) is 6.08 Å². The maximum Gasteiger partial charge on any atom is 0.318 e. The van der Waals surface area contributed by atoms with Crippen LogP contribution < -0.4 is 0 Å². The Hall–Kier alpha value is -1.66. The summed E-state index contributed by atoms with van der Waals surface area (Å²) in [6.45, 7) is 9.47. The van der Waals surface area contributed by atoms with E-state index in [1.54, 1.807) is 14.0 Å². The topological polar surface area (TPSA) is 71.1 Å². The van der Waals surface area contributed by atoms with Gasteiger partial charge in [0.15, 0.2) is 11.4 Å². The first-order valence-electron chi connectivity index (χ1n) is 9.17. The van der Waals surface area contributed by atoms with Gasteiger partial charge < -0.3 is 18.9 Å². The van der Waals surface area contributed by atoms with Gasteiger partial charge in [0.2, 0.25) is 5.78 Å². The lowest BCUT2D eigenvalue weighted by molar-refractivity contribution is -0.278. The van der Waals surface area contributed by atoms with Crippen molar-refractivity contribution >= 4 is 11.8 Å². The van der Waals surface area contributed by atoms with E-state index in [1.807, 2.05) is 33.8 Å². The summed E-state index contributed by atoms with van der Waals surface area (Å²) >= 11 is 0. The molecule has 2 fully saturated rings. The minimum atomic E-state index is -1.11. The molecule has 2 bridgehead atoms. The van der Waals surface area contributed by atoms with Gasteiger partial charge in [-0.1, -0.05) is 13.8 Å². The predicted molar refractivity (Wildman–Crippen MR) is 91.9 cm³/mol. The SMILES string of the molecule is CO[C@]1(C(C)C)O[C@H]2C[C@]3(C)OC(=CC3=O)/C(C)=C\[C@H]3OC(=O)[C@@]1(C)[C@H]23. The number of hydrogen-bond acceptors (Lipinski definition) is 6. The molecule has 142 valence electrons. The van der Waals surface area contributed by atoms with Gasteiger partial charge in [-0.15, -0.1) is 0 Å². The third-order valence-corrected chi connectivity index (χ3v) is 6.71. The van der Waals surface area contributed by atoms with Crippen molar-refractivity contribution in [3.8, 4) is 0 Å². The second kappa shape index (κ2) is 5.20. The largest absolute Gasteiger partial charge is 0.479 e. The van der Waals surface area contributed by atoms with Crippen LogP contribution in [0.3, 0.4) is 0 Å². The monoisotopic (exact) mass is 362 g/mol. The van der Waals surface area contributed by atoms with Gasteiger partial charge in [-0.3, -0.25) is 9.59 Å². The van der Waals surface area contributed by atoms with Crippen LogP contribution in [0.2, 0.25) is 0 Å². The van der Waals surface area contributed by atoms with E-state index in [4.69, 9.17) is 18.9 Å². The third kappa shape index (κ3) is 1.89. The Balaban J connectivity index is 1.90. The summed E-state index contributed by atoms with van der Waals surface area (Å²) in [5.74, 6) is -1.28. The molecule has 0 spiro atoms. The highest BCUT2D eigenvalue weighted by Gasteiger charge is 2.75. The molecular formula is C20H26O6. The highest BCUT2D eigenvalue weighted by atomic mass is 16.7. The van der Waals surface area contributed by atoms with E-state index in [0.717, 1.165) is 5.57 Å². The number of allylic oxidation sites excluding steroid dienone is 1. The van der Waals surface area contributed by atoms with Gasteiger partial charge in [0.1, 0.15) is 17.3 Å². The smallest absolute Gasteiger partial charge is 0.318 e. The minimum absolute atomic E-state index is 0.0753. The van der Waals surface area contributed by atoms with Gasteiger partial charge in [0.25, 0.3) is 0 Å². The summed E-state index contributed by atoms with van der Waals surface area (Å²) in [5, 5.41) is 0. The van der Waals surface area contributed by atoms with Crippen molar-refractivity contribution in [3.63, 3.8) is 0 Å². The van der Waals surface area contributed by atoms with E-state index >= 15 is 0 Å². The highest BCUT2D eigenvalue weighted by Crippen LogP contribution is 2.62. The van der Waals surface area contributed by atoms with Gasteiger partial charge in [0.05, 0.1) is 6.10 Å². The Morgan fingerprint density at radius 3 is 2.58 bits per heavy atom. The number of carbonyl (C=O) groups excluding carboxylic acids is 2.